The molecule has 1 saturated heterocycles. The summed E-state index contributed by atoms with van der Waals surface area (Å²) in [6.07, 6.45) is 4.84. The summed E-state index contributed by atoms with van der Waals surface area (Å²) in [7, 11) is 0. The van der Waals surface area contributed by atoms with Crippen LogP contribution in [0.2, 0.25) is 0 Å². The van der Waals surface area contributed by atoms with Gasteiger partial charge >= 0.3 is 0 Å². The van der Waals surface area contributed by atoms with E-state index in [0.717, 1.165) is 50.5 Å². The number of pyridine rings is 1. The average Bonchev–Trinajstić information content (AvgIpc) is 2.96. The molecule has 1 aliphatic rings. The Morgan fingerprint density at radius 2 is 2.00 bits per heavy atom. The van der Waals surface area contributed by atoms with E-state index in [2.05, 4.69) is 29.9 Å². The van der Waals surface area contributed by atoms with Crippen LogP contribution in [-0.4, -0.2) is 57.3 Å². The number of fused-ring (bicyclic) bond motifs is 1. The van der Waals surface area contributed by atoms with Gasteiger partial charge in [-0.3, -0.25) is 9.69 Å². The van der Waals surface area contributed by atoms with Gasteiger partial charge in [0.15, 0.2) is 0 Å². The van der Waals surface area contributed by atoms with Crippen LogP contribution < -0.4 is 5.73 Å². The quantitative estimate of drug-likeness (QED) is 0.899. The lowest BCUT2D eigenvalue weighted by atomic mass is 10.0. The fourth-order valence-electron chi connectivity index (χ4n) is 3.26. The van der Waals surface area contributed by atoms with E-state index >= 15 is 0 Å². The number of aromatic nitrogens is 2. The highest BCUT2D eigenvalue weighted by Gasteiger charge is 2.25. The van der Waals surface area contributed by atoms with Gasteiger partial charge < -0.3 is 15.0 Å². The molecule has 0 bridgehead atoms. The van der Waals surface area contributed by atoms with E-state index in [1.165, 1.54) is 0 Å². The molecule has 2 aromatic heterocycles. The standard InChI is InChI=1S/C18H27N5O/c1-14(2)11-16(19)18(24)22-9-7-21(8-10-22)12-15-13-23-6-4-3-5-17(23)20-15/h3-6,13-14,16H,7-12,19H2,1-2H3/t16-/m0/s1. The topological polar surface area (TPSA) is 66.9 Å². The summed E-state index contributed by atoms with van der Waals surface area (Å²) in [6, 6.07) is 5.64. The average molecular weight is 329 g/mol. The van der Waals surface area contributed by atoms with E-state index < -0.39 is 0 Å². The zero-order chi connectivity index (χ0) is 17.1. The smallest absolute Gasteiger partial charge is 0.239 e. The van der Waals surface area contributed by atoms with Crippen LogP contribution in [0.5, 0.6) is 0 Å². The Bertz CT molecular complexity index is 655. The van der Waals surface area contributed by atoms with Gasteiger partial charge in [-0.25, -0.2) is 4.98 Å². The number of carbonyl (C=O) groups excluding carboxylic acids is 1. The molecule has 24 heavy (non-hydrogen) atoms. The maximum Gasteiger partial charge on any atom is 0.239 e. The predicted octanol–water partition coefficient (Wildman–Crippen LogP) is 1.35. The highest BCUT2D eigenvalue weighted by Crippen LogP contribution is 2.12. The number of rotatable bonds is 5. The number of imidazole rings is 1. The Labute approximate surface area is 143 Å². The number of nitrogens with two attached hydrogens (primary N) is 1. The normalized spacial score (nSPS) is 17.6. The molecule has 2 N–H and O–H groups in total. The first kappa shape index (κ1) is 16.9. The van der Waals surface area contributed by atoms with Crippen molar-refractivity contribution in [3.63, 3.8) is 0 Å². The maximum atomic E-state index is 12.4. The lowest BCUT2D eigenvalue weighted by molar-refractivity contribution is -0.134. The Morgan fingerprint density at radius 1 is 1.25 bits per heavy atom. The number of piperazine rings is 1. The Balaban J connectivity index is 1.52. The third-order valence-corrected chi connectivity index (χ3v) is 4.53. The SMILES string of the molecule is CC(C)C[C@H](N)C(=O)N1CCN(Cc2cn3ccccc3n2)CC1. The molecule has 2 aromatic rings. The van der Waals surface area contributed by atoms with Crippen molar-refractivity contribution in [2.24, 2.45) is 11.7 Å². The summed E-state index contributed by atoms with van der Waals surface area (Å²) in [5, 5.41) is 0. The van der Waals surface area contributed by atoms with Gasteiger partial charge in [0.25, 0.3) is 0 Å². The molecule has 1 amide bonds. The lowest BCUT2D eigenvalue weighted by Gasteiger charge is -2.35. The van der Waals surface area contributed by atoms with Crippen molar-refractivity contribution >= 4 is 11.6 Å². The summed E-state index contributed by atoms with van der Waals surface area (Å²) in [4.78, 5) is 21.3. The first-order valence-corrected chi connectivity index (χ1v) is 8.72. The van der Waals surface area contributed by atoms with Crippen LogP contribution in [0.3, 0.4) is 0 Å². The first-order valence-electron chi connectivity index (χ1n) is 8.72. The van der Waals surface area contributed by atoms with Gasteiger partial charge in [-0.2, -0.15) is 0 Å². The molecule has 6 nitrogen and oxygen atoms in total. The van der Waals surface area contributed by atoms with Crippen molar-refractivity contribution in [1.82, 2.24) is 19.2 Å². The van der Waals surface area contributed by atoms with E-state index in [4.69, 9.17) is 5.73 Å². The molecule has 3 heterocycles. The molecule has 1 aliphatic heterocycles. The van der Waals surface area contributed by atoms with Gasteiger partial charge in [-0.1, -0.05) is 19.9 Å². The largest absolute Gasteiger partial charge is 0.339 e. The molecule has 3 rings (SSSR count). The number of amides is 1. The van der Waals surface area contributed by atoms with Crippen LogP contribution in [0.4, 0.5) is 0 Å². The van der Waals surface area contributed by atoms with Crippen molar-refractivity contribution in [3.8, 4) is 0 Å². The zero-order valence-corrected chi connectivity index (χ0v) is 14.6. The maximum absolute atomic E-state index is 12.4. The predicted molar refractivity (Wildman–Crippen MR) is 94.5 cm³/mol. The fourth-order valence-corrected chi connectivity index (χ4v) is 3.26. The Morgan fingerprint density at radius 3 is 2.67 bits per heavy atom. The zero-order valence-electron chi connectivity index (χ0n) is 14.6. The van der Waals surface area contributed by atoms with Gasteiger partial charge in [0.05, 0.1) is 11.7 Å². The number of carbonyl (C=O) groups is 1. The summed E-state index contributed by atoms with van der Waals surface area (Å²) in [5.74, 6) is 0.538. The molecule has 0 radical (unpaired) electrons. The lowest BCUT2D eigenvalue weighted by Crippen LogP contribution is -2.53. The van der Waals surface area contributed by atoms with Gasteiger partial charge in [-0.15, -0.1) is 0 Å². The van der Waals surface area contributed by atoms with Crippen LogP contribution in [-0.2, 0) is 11.3 Å². The van der Waals surface area contributed by atoms with E-state index in [0.29, 0.717) is 5.92 Å². The second kappa shape index (κ2) is 7.32. The van der Waals surface area contributed by atoms with Gasteiger partial charge in [-0.05, 0) is 24.5 Å². The van der Waals surface area contributed by atoms with Gasteiger partial charge in [0, 0.05) is 45.1 Å². The summed E-state index contributed by atoms with van der Waals surface area (Å²) >= 11 is 0. The molecule has 6 heteroatoms. The van der Waals surface area contributed by atoms with Gasteiger partial charge in [0.1, 0.15) is 5.65 Å². The molecule has 130 valence electrons. The molecular formula is C18H27N5O. The van der Waals surface area contributed by atoms with E-state index in [1.807, 2.05) is 33.7 Å². The molecular weight excluding hydrogens is 302 g/mol. The summed E-state index contributed by atoms with van der Waals surface area (Å²) in [5.41, 5.74) is 8.07. The van der Waals surface area contributed by atoms with Crippen LogP contribution in [0.1, 0.15) is 26.0 Å². The second-order valence-electron chi connectivity index (χ2n) is 7.04. The van der Waals surface area contributed by atoms with E-state index in [9.17, 15) is 4.79 Å². The van der Waals surface area contributed by atoms with Crippen molar-refractivity contribution in [1.29, 1.82) is 0 Å². The van der Waals surface area contributed by atoms with Crippen LogP contribution in [0.25, 0.3) is 5.65 Å². The monoisotopic (exact) mass is 329 g/mol. The summed E-state index contributed by atoms with van der Waals surface area (Å²) in [6.45, 7) is 8.25. The molecule has 0 unspecified atom stereocenters. The first-order chi connectivity index (χ1) is 11.5. The minimum atomic E-state index is -0.366. The third-order valence-electron chi connectivity index (χ3n) is 4.53. The molecule has 0 aromatic carbocycles. The van der Waals surface area contributed by atoms with Gasteiger partial charge in [0.2, 0.25) is 5.91 Å². The fraction of sp³-hybridized carbons (Fsp3) is 0.556. The molecule has 0 saturated carbocycles. The summed E-state index contributed by atoms with van der Waals surface area (Å²) < 4.78 is 2.04. The van der Waals surface area contributed by atoms with Crippen molar-refractivity contribution in [2.75, 3.05) is 26.2 Å². The van der Waals surface area contributed by atoms with Crippen LogP contribution in [0.15, 0.2) is 30.6 Å². The van der Waals surface area contributed by atoms with Crippen LogP contribution in [0, 0.1) is 5.92 Å². The minimum Gasteiger partial charge on any atom is -0.339 e. The Hall–Kier alpha value is -1.92. The van der Waals surface area contributed by atoms with E-state index in [-0.39, 0.29) is 11.9 Å². The van der Waals surface area contributed by atoms with Crippen molar-refractivity contribution < 1.29 is 4.79 Å². The molecule has 0 spiro atoms. The van der Waals surface area contributed by atoms with Crippen LogP contribution >= 0.6 is 0 Å². The highest BCUT2D eigenvalue weighted by molar-refractivity contribution is 5.81. The Kier molecular flexibility index (Phi) is 5.16. The molecule has 0 aliphatic carbocycles. The minimum absolute atomic E-state index is 0.0936. The van der Waals surface area contributed by atoms with Crippen molar-refractivity contribution in [2.45, 2.75) is 32.9 Å². The number of hydrogen-bond acceptors (Lipinski definition) is 4. The highest BCUT2D eigenvalue weighted by atomic mass is 16.2. The third kappa shape index (κ3) is 3.94. The van der Waals surface area contributed by atoms with Crippen molar-refractivity contribution in [3.05, 3.63) is 36.3 Å². The second-order valence-corrected chi connectivity index (χ2v) is 7.04. The number of hydrogen-bond donors (Lipinski definition) is 1. The molecule has 1 fully saturated rings. The van der Waals surface area contributed by atoms with E-state index in [1.54, 1.807) is 0 Å². The number of nitrogens with zero attached hydrogens (tertiary/aromatic N) is 4. The molecule has 1 atom stereocenters.